The van der Waals surface area contributed by atoms with Gasteiger partial charge in [0.2, 0.25) is 5.91 Å². The number of amides is 2. The van der Waals surface area contributed by atoms with Crippen LogP contribution >= 0.6 is 0 Å². The second-order valence-electron chi connectivity index (χ2n) is 5.95. The highest BCUT2D eigenvalue weighted by atomic mass is 16.5. The van der Waals surface area contributed by atoms with Crippen LogP contribution in [-0.2, 0) is 4.79 Å². The third-order valence-electron chi connectivity index (χ3n) is 3.72. The molecule has 0 atom stereocenters. The number of anilines is 1. The Bertz CT molecular complexity index is 862. The maximum absolute atomic E-state index is 12.3. The second-order valence-corrected chi connectivity index (χ2v) is 5.95. The van der Waals surface area contributed by atoms with Crippen molar-refractivity contribution in [1.29, 1.82) is 0 Å². The van der Waals surface area contributed by atoms with Gasteiger partial charge in [0.25, 0.3) is 5.91 Å². The van der Waals surface area contributed by atoms with E-state index in [2.05, 4.69) is 15.8 Å². The average molecular weight is 369 g/mol. The van der Waals surface area contributed by atoms with Crippen molar-refractivity contribution in [2.24, 2.45) is 5.10 Å². The number of hydrogen-bond donors (Lipinski definition) is 2. The van der Waals surface area contributed by atoms with Crippen LogP contribution in [0.2, 0.25) is 0 Å². The number of hydrazone groups is 1. The van der Waals surface area contributed by atoms with Crippen molar-refractivity contribution >= 4 is 23.2 Å². The van der Waals surface area contributed by atoms with Gasteiger partial charge in [-0.1, -0.05) is 12.1 Å². The molecule has 2 N–H and O–H groups in total. The van der Waals surface area contributed by atoms with Gasteiger partial charge in [0, 0.05) is 17.5 Å². The number of hydrogen-bond acceptors (Lipinski definition) is 5. The van der Waals surface area contributed by atoms with Gasteiger partial charge in [-0.25, -0.2) is 5.43 Å². The van der Waals surface area contributed by atoms with E-state index in [9.17, 15) is 9.59 Å². The fourth-order valence-corrected chi connectivity index (χ4v) is 2.39. The van der Waals surface area contributed by atoms with E-state index >= 15 is 0 Å². The number of carbonyl (C=O) groups excluding carboxylic acids is 2. The van der Waals surface area contributed by atoms with Crippen molar-refractivity contribution in [3.8, 4) is 11.5 Å². The highest BCUT2D eigenvalue weighted by molar-refractivity contribution is 6.06. The van der Waals surface area contributed by atoms with Gasteiger partial charge in [-0.3, -0.25) is 9.59 Å². The molecule has 0 saturated heterocycles. The molecule has 0 fully saturated rings. The van der Waals surface area contributed by atoms with E-state index in [0.29, 0.717) is 22.8 Å². The maximum atomic E-state index is 12.3. The molecule has 2 aromatic carbocycles. The van der Waals surface area contributed by atoms with Crippen LogP contribution in [0.15, 0.2) is 47.6 Å². The first kappa shape index (κ1) is 20.0. The van der Waals surface area contributed by atoms with Crippen molar-refractivity contribution < 1.29 is 19.1 Å². The molecule has 0 bridgehead atoms. The minimum absolute atomic E-state index is 0.0635. The van der Waals surface area contributed by atoms with Crippen LogP contribution in [0.5, 0.6) is 11.5 Å². The summed E-state index contributed by atoms with van der Waals surface area (Å²) >= 11 is 0. The molecule has 0 radical (unpaired) electrons. The molecule has 0 saturated carbocycles. The molecule has 0 aliphatic carbocycles. The van der Waals surface area contributed by atoms with Crippen LogP contribution < -0.4 is 20.2 Å². The molecule has 2 amide bonds. The van der Waals surface area contributed by atoms with Crippen molar-refractivity contribution in [2.75, 3.05) is 19.5 Å². The van der Waals surface area contributed by atoms with Crippen LogP contribution in [0.25, 0.3) is 0 Å². The fourth-order valence-electron chi connectivity index (χ4n) is 2.39. The number of benzene rings is 2. The van der Waals surface area contributed by atoms with Gasteiger partial charge >= 0.3 is 0 Å². The summed E-state index contributed by atoms with van der Waals surface area (Å²) in [6.45, 7) is 3.62. The Morgan fingerprint density at radius 2 is 1.85 bits per heavy atom. The zero-order chi connectivity index (χ0) is 19.8. The molecule has 7 heteroatoms. The van der Waals surface area contributed by atoms with Gasteiger partial charge in [0.15, 0.2) is 0 Å². The lowest BCUT2D eigenvalue weighted by atomic mass is 10.2. The van der Waals surface area contributed by atoms with E-state index in [1.165, 1.54) is 14.2 Å². The Morgan fingerprint density at radius 3 is 2.52 bits per heavy atom. The first-order valence-corrected chi connectivity index (χ1v) is 8.35. The zero-order valence-corrected chi connectivity index (χ0v) is 15.8. The van der Waals surface area contributed by atoms with Gasteiger partial charge in [-0.2, -0.15) is 5.10 Å². The Morgan fingerprint density at radius 1 is 1.07 bits per heavy atom. The molecule has 27 heavy (non-hydrogen) atoms. The lowest BCUT2D eigenvalue weighted by molar-refractivity contribution is -0.115. The quantitative estimate of drug-likeness (QED) is 0.580. The number of ether oxygens (including phenoxy) is 2. The predicted molar refractivity (Wildman–Crippen MR) is 105 cm³/mol. The third kappa shape index (κ3) is 5.85. The highest BCUT2D eigenvalue weighted by Gasteiger charge is 2.13. The van der Waals surface area contributed by atoms with Gasteiger partial charge in [-0.05, 0) is 43.7 Å². The zero-order valence-electron chi connectivity index (χ0n) is 15.8. The average Bonchev–Trinajstić information content (AvgIpc) is 2.65. The molecule has 142 valence electrons. The summed E-state index contributed by atoms with van der Waals surface area (Å²) in [6, 6.07) is 12.4. The summed E-state index contributed by atoms with van der Waals surface area (Å²) in [4.78, 5) is 24.4. The molecule has 0 aliphatic rings. The van der Waals surface area contributed by atoms with Crippen LogP contribution in [0.3, 0.4) is 0 Å². The van der Waals surface area contributed by atoms with Gasteiger partial charge in [0.05, 0.1) is 26.2 Å². The van der Waals surface area contributed by atoms with Crippen molar-refractivity contribution in [2.45, 2.75) is 20.3 Å². The summed E-state index contributed by atoms with van der Waals surface area (Å²) in [7, 11) is 3.00. The minimum Gasteiger partial charge on any atom is -0.497 e. The molecule has 0 heterocycles. The molecule has 7 nitrogen and oxygen atoms in total. The van der Waals surface area contributed by atoms with Gasteiger partial charge in [-0.15, -0.1) is 0 Å². The van der Waals surface area contributed by atoms with Crippen molar-refractivity contribution in [3.05, 3.63) is 53.6 Å². The minimum atomic E-state index is -0.437. The number of nitrogens with zero attached hydrogens (tertiary/aromatic N) is 1. The maximum Gasteiger partial charge on any atom is 0.275 e. The van der Waals surface area contributed by atoms with E-state index in [0.717, 1.165) is 11.3 Å². The summed E-state index contributed by atoms with van der Waals surface area (Å²) in [5.41, 5.74) is 5.01. The van der Waals surface area contributed by atoms with Crippen molar-refractivity contribution in [1.82, 2.24) is 5.43 Å². The summed E-state index contributed by atoms with van der Waals surface area (Å²) in [5, 5.41) is 6.78. The van der Waals surface area contributed by atoms with E-state index in [-0.39, 0.29) is 12.3 Å². The molecule has 0 aliphatic heterocycles. The smallest absolute Gasteiger partial charge is 0.275 e. The van der Waals surface area contributed by atoms with Crippen molar-refractivity contribution in [3.63, 3.8) is 0 Å². The molecule has 0 unspecified atom stereocenters. The topological polar surface area (TPSA) is 89.0 Å². The largest absolute Gasteiger partial charge is 0.497 e. The van der Waals surface area contributed by atoms with Gasteiger partial charge < -0.3 is 14.8 Å². The number of nitrogens with one attached hydrogen (secondary N) is 2. The molecular formula is C20H23N3O4. The normalized spacial score (nSPS) is 10.9. The summed E-state index contributed by atoms with van der Waals surface area (Å²) in [6.07, 6.45) is 0.0635. The lowest BCUT2D eigenvalue weighted by Crippen LogP contribution is -2.22. The fraction of sp³-hybridized carbons (Fsp3) is 0.250. The number of methoxy groups -OCH3 is 2. The first-order valence-electron chi connectivity index (χ1n) is 8.35. The SMILES string of the molecule is COc1ccc(C(=O)N/N=C(\C)CC(=O)Nc2cccc(C)c2)c(OC)c1. The molecule has 2 rings (SSSR count). The Kier molecular flexibility index (Phi) is 6.93. The first-order chi connectivity index (χ1) is 12.9. The van der Waals surface area contributed by atoms with Crippen LogP contribution in [0.1, 0.15) is 29.3 Å². The summed E-state index contributed by atoms with van der Waals surface area (Å²) < 4.78 is 10.3. The third-order valence-corrected chi connectivity index (χ3v) is 3.72. The Labute approximate surface area is 158 Å². The Balaban J connectivity index is 1.96. The monoisotopic (exact) mass is 369 g/mol. The van der Waals surface area contributed by atoms with E-state index in [4.69, 9.17) is 9.47 Å². The van der Waals surface area contributed by atoms with Gasteiger partial charge in [0.1, 0.15) is 11.5 Å². The Hall–Kier alpha value is -3.35. The van der Waals surface area contributed by atoms with E-state index in [1.54, 1.807) is 25.1 Å². The molecular weight excluding hydrogens is 346 g/mol. The number of rotatable bonds is 7. The van der Waals surface area contributed by atoms with Crippen LogP contribution in [0.4, 0.5) is 5.69 Å². The second kappa shape index (κ2) is 9.38. The number of carbonyl (C=O) groups is 2. The predicted octanol–water partition coefficient (Wildman–Crippen LogP) is 3.15. The lowest BCUT2D eigenvalue weighted by Gasteiger charge is -2.09. The number of aryl methyl sites for hydroxylation is 1. The standard InChI is InChI=1S/C20H23N3O4/c1-13-6-5-7-15(10-13)21-19(24)11-14(2)22-23-20(25)17-9-8-16(26-3)12-18(17)27-4/h5-10,12H,11H2,1-4H3,(H,21,24)(H,23,25)/b22-14+. The van der Waals surface area contributed by atoms with E-state index < -0.39 is 5.91 Å². The van der Waals surface area contributed by atoms with Crippen LogP contribution in [-0.4, -0.2) is 31.7 Å². The van der Waals surface area contributed by atoms with Crippen LogP contribution in [0, 0.1) is 6.92 Å². The molecule has 0 spiro atoms. The summed E-state index contributed by atoms with van der Waals surface area (Å²) in [5.74, 6) is 0.305. The molecule has 2 aromatic rings. The van der Waals surface area contributed by atoms with E-state index in [1.807, 2.05) is 31.2 Å². The molecule has 0 aromatic heterocycles. The highest BCUT2D eigenvalue weighted by Crippen LogP contribution is 2.24.